The van der Waals surface area contributed by atoms with Crippen LogP contribution in [-0.4, -0.2) is 6.54 Å². The van der Waals surface area contributed by atoms with Crippen LogP contribution in [0.15, 0.2) is 48.5 Å². The Labute approximate surface area is 111 Å². The first-order valence-corrected chi connectivity index (χ1v) is 5.86. The average Bonchev–Trinajstić information content (AvgIpc) is 2.35. The molecule has 2 aromatic rings. The number of nitrogens with one attached hydrogen (secondary N) is 1. The summed E-state index contributed by atoms with van der Waals surface area (Å²) in [4.78, 5) is 0. The molecule has 0 saturated carbocycles. The van der Waals surface area contributed by atoms with E-state index in [0.717, 1.165) is 5.56 Å². The Bertz CT molecular complexity index is 564. The standard InChI is InChI=1S/C15H11ClFN/c16-13-9-14(17)11-15(10-13)18-8-4-7-12-5-2-1-3-6-12/h1-3,5-6,9-11,18H,8H2. The molecule has 2 aromatic carbocycles. The van der Waals surface area contributed by atoms with Gasteiger partial charge in [0.1, 0.15) is 5.82 Å². The van der Waals surface area contributed by atoms with Crippen LogP contribution < -0.4 is 5.32 Å². The quantitative estimate of drug-likeness (QED) is 0.806. The van der Waals surface area contributed by atoms with Gasteiger partial charge in [0.2, 0.25) is 0 Å². The normalized spacial score (nSPS) is 9.44. The molecule has 1 nitrogen and oxygen atoms in total. The fraction of sp³-hybridized carbons (Fsp3) is 0.0667. The van der Waals surface area contributed by atoms with Crippen LogP contribution in [-0.2, 0) is 0 Å². The summed E-state index contributed by atoms with van der Waals surface area (Å²) in [5.41, 5.74) is 1.58. The third-order valence-electron chi connectivity index (χ3n) is 2.25. The zero-order valence-electron chi connectivity index (χ0n) is 9.58. The minimum atomic E-state index is -0.360. The molecule has 0 amide bonds. The van der Waals surface area contributed by atoms with E-state index >= 15 is 0 Å². The molecule has 0 spiro atoms. The first kappa shape index (κ1) is 12.5. The maximum absolute atomic E-state index is 13.0. The van der Waals surface area contributed by atoms with E-state index in [9.17, 15) is 4.39 Å². The molecular weight excluding hydrogens is 249 g/mol. The van der Waals surface area contributed by atoms with Gasteiger partial charge in [0.15, 0.2) is 0 Å². The number of halogens is 2. The second-order valence-electron chi connectivity index (χ2n) is 3.68. The fourth-order valence-electron chi connectivity index (χ4n) is 1.47. The summed E-state index contributed by atoms with van der Waals surface area (Å²) in [5.74, 6) is 5.61. The lowest BCUT2D eigenvalue weighted by molar-refractivity contribution is 0.628. The molecule has 0 aromatic heterocycles. The van der Waals surface area contributed by atoms with Crippen molar-refractivity contribution in [2.45, 2.75) is 0 Å². The van der Waals surface area contributed by atoms with Crippen molar-refractivity contribution in [3.63, 3.8) is 0 Å². The molecule has 1 N–H and O–H groups in total. The third kappa shape index (κ3) is 3.80. The van der Waals surface area contributed by atoms with E-state index < -0.39 is 0 Å². The second kappa shape index (κ2) is 6.09. The Hall–Kier alpha value is -1.98. The van der Waals surface area contributed by atoms with Crippen LogP contribution >= 0.6 is 11.6 Å². The number of hydrogen-bond acceptors (Lipinski definition) is 1. The maximum atomic E-state index is 13.0. The Balaban J connectivity index is 1.95. The van der Waals surface area contributed by atoms with E-state index in [0.29, 0.717) is 17.3 Å². The van der Waals surface area contributed by atoms with E-state index in [1.165, 1.54) is 12.1 Å². The molecule has 0 unspecified atom stereocenters. The lowest BCUT2D eigenvalue weighted by Gasteiger charge is -2.02. The number of anilines is 1. The Morgan fingerprint density at radius 3 is 2.61 bits per heavy atom. The lowest BCUT2D eigenvalue weighted by Crippen LogP contribution is -1.99. The summed E-state index contributed by atoms with van der Waals surface area (Å²) in [7, 11) is 0. The lowest BCUT2D eigenvalue weighted by atomic mass is 10.2. The second-order valence-corrected chi connectivity index (χ2v) is 4.12. The summed E-state index contributed by atoms with van der Waals surface area (Å²) < 4.78 is 13.0. The van der Waals surface area contributed by atoms with Crippen LogP contribution in [0, 0.1) is 17.7 Å². The highest BCUT2D eigenvalue weighted by atomic mass is 35.5. The summed E-state index contributed by atoms with van der Waals surface area (Å²) in [5, 5.41) is 3.37. The van der Waals surface area contributed by atoms with Gasteiger partial charge in [0.25, 0.3) is 0 Å². The van der Waals surface area contributed by atoms with E-state index in [4.69, 9.17) is 11.6 Å². The van der Waals surface area contributed by atoms with Crippen molar-refractivity contribution in [2.75, 3.05) is 11.9 Å². The van der Waals surface area contributed by atoms with Crippen molar-refractivity contribution in [3.05, 3.63) is 64.9 Å². The highest BCUT2D eigenvalue weighted by Crippen LogP contribution is 2.17. The van der Waals surface area contributed by atoms with Gasteiger partial charge >= 0.3 is 0 Å². The number of rotatable bonds is 2. The summed E-state index contributed by atoms with van der Waals surface area (Å²) in [6.07, 6.45) is 0. The number of hydrogen-bond donors (Lipinski definition) is 1. The van der Waals surface area contributed by atoms with Crippen LogP contribution in [0.3, 0.4) is 0 Å². The predicted octanol–water partition coefficient (Wildman–Crippen LogP) is 3.94. The Kier molecular flexibility index (Phi) is 4.22. The minimum Gasteiger partial charge on any atom is -0.374 e. The molecule has 0 radical (unpaired) electrons. The van der Waals surface area contributed by atoms with Gasteiger partial charge in [0.05, 0.1) is 6.54 Å². The van der Waals surface area contributed by atoms with Gasteiger partial charge in [-0.15, -0.1) is 0 Å². The highest BCUT2D eigenvalue weighted by Gasteiger charge is 1.97. The van der Waals surface area contributed by atoms with E-state index in [-0.39, 0.29) is 5.82 Å². The first-order chi connectivity index (χ1) is 8.74. The van der Waals surface area contributed by atoms with Gasteiger partial charge in [-0.1, -0.05) is 41.6 Å². The van der Waals surface area contributed by atoms with Crippen LogP contribution in [0.5, 0.6) is 0 Å². The Morgan fingerprint density at radius 1 is 1.11 bits per heavy atom. The molecule has 0 aliphatic heterocycles. The molecule has 0 saturated heterocycles. The highest BCUT2D eigenvalue weighted by molar-refractivity contribution is 6.30. The SMILES string of the molecule is Fc1cc(Cl)cc(NCC#Cc2ccccc2)c1. The van der Waals surface area contributed by atoms with Gasteiger partial charge in [-0.25, -0.2) is 4.39 Å². The van der Waals surface area contributed by atoms with Crippen molar-refractivity contribution in [3.8, 4) is 11.8 Å². The summed E-state index contributed by atoms with van der Waals surface area (Å²) in [6, 6.07) is 14.0. The summed E-state index contributed by atoms with van der Waals surface area (Å²) >= 11 is 5.74. The molecular formula is C15H11ClFN. The fourth-order valence-corrected chi connectivity index (χ4v) is 1.69. The first-order valence-electron chi connectivity index (χ1n) is 5.48. The van der Waals surface area contributed by atoms with Crippen LogP contribution in [0.2, 0.25) is 5.02 Å². The van der Waals surface area contributed by atoms with Crippen LogP contribution in [0.1, 0.15) is 5.56 Å². The van der Waals surface area contributed by atoms with E-state index in [2.05, 4.69) is 17.2 Å². The van der Waals surface area contributed by atoms with Crippen LogP contribution in [0.25, 0.3) is 0 Å². The van der Waals surface area contributed by atoms with E-state index in [1.807, 2.05) is 30.3 Å². The molecule has 18 heavy (non-hydrogen) atoms. The van der Waals surface area contributed by atoms with Gasteiger partial charge in [-0.05, 0) is 30.3 Å². The molecule has 3 heteroatoms. The van der Waals surface area contributed by atoms with E-state index in [1.54, 1.807) is 6.07 Å². The molecule has 0 aliphatic rings. The van der Waals surface area contributed by atoms with Gasteiger partial charge in [-0.3, -0.25) is 0 Å². The monoisotopic (exact) mass is 259 g/mol. The zero-order valence-corrected chi connectivity index (χ0v) is 10.3. The predicted molar refractivity (Wildman–Crippen MR) is 73.2 cm³/mol. The molecule has 90 valence electrons. The molecule has 0 heterocycles. The third-order valence-corrected chi connectivity index (χ3v) is 2.47. The largest absolute Gasteiger partial charge is 0.374 e. The number of benzene rings is 2. The van der Waals surface area contributed by atoms with Crippen molar-refractivity contribution in [1.82, 2.24) is 0 Å². The molecule has 0 bridgehead atoms. The molecule has 0 aliphatic carbocycles. The van der Waals surface area contributed by atoms with Gasteiger partial charge < -0.3 is 5.32 Å². The Morgan fingerprint density at radius 2 is 1.89 bits per heavy atom. The molecule has 0 atom stereocenters. The van der Waals surface area contributed by atoms with Gasteiger partial charge in [0, 0.05) is 16.3 Å². The van der Waals surface area contributed by atoms with Crippen molar-refractivity contribution < 1.29 is 4.39 Å². The maximum Gasteiger partial charge on any atom is 0.126 e. The van der Waals surface area contributed by atoms with Crippen LogP contribution in [0.4, 0.5) is 10.1 Å². The summed E-state index contributed by atoms with van der Waals surface area (Å²) in [6.45, 7) is 0.439. The van der Waals surface area contributed by atoms with Crippen molar-refractivity contribution >= 4 is 17.3 Å². The van der Waals surface area contributed by atoms with Crippen molar-refractivity contribution in [2.24, 2.45) is 0 Å². The molecule has 0 fully saturated rings. The van der Waals surface area contributed by atoms with Gasteiger partial charge in [-0.2, -0.15) is 0 Å². The van der Waals surface area contributed by atoms with Crippen molar-refractivity contribution in [1.29, 1.82) is 0 Å². The zero-order chi connectivity index (χ0) is 12.8. The molecule has 2 rings (SSSR count). The average molecular weight is 260 g/mol. The minimum absolute atomic E-state index is 0.360. The smallest absolute Gasteiger partial charge is 0.126 e. The topological polar surface area (TPSA) is 12.0 Å².